The summed E-state index contributed by atoms with van der Waals surface area (Å²) in [6.45, 7) is 6.74. The Hall–Kier alpha value is -2.87. The summed E-state index contributed by atoms with van der Waals surface area (Å²) in [5.74, 6) is 0.0165. The molecular weight excluding hydrogens is 358 g/mol. The maximum absolute atomic E-state index is 11.9. The molecule has 3 heterocycles. The number of hydrogen-bond donors (Lipinski definition) is 3. The molecule has 2 aromatic heterocycles. The highest BCUT2D eigenvalue weighted by molar-refractivity contribution is 5.97. The monoisotopic (exact) mass is 383 g/mol. The topological polar surface area (TPSA) is 107 Å². The van der Waals surface area contributed by atoms with Crippen molar-refractivity contribution in [3.05, 3.63) is 51.3 Å². The summed E-state index contributed by atoms with van der Waals surface area (Å²) in [5, 5.41) is 17.4. The van der Waals surface area contributed by atoms with Crippen molar-refractivity contribution in [2.45, 2.75) is 45.7 Å². The normalized spacial score (nSPS) is 18.0. The number of fused-ring (bicyclic) bond motifs is 1. The van der Waals surface area contributed by atoms with Crippen LogP contribution in [0.15, 0.2) is 23.0 Å². The summed E-state index contributed by atoms with van der Waals surface area (Å²) in [7, 11) is 0. The zero-order valence-corrected chi connectivity index (χ0v) is 16.2. The summed E-state index contributed by atoms with van der Waals surface area (Å²) in [6, 6.07) is 5.95. The molecule has 1 saturated heterocycles. The molecule has 1 aliphatic rings. The molecule has 0 spiro atoms. The summed E-state index contributed by atoms with van der Waals surface area (Å²) < 4.78 is 1.69. The van der Waals surface area contributed by atoms with E-state index in [1.165, 1.54) is 0 Å². The van der Waals surface area contributed by atoms with Gasteiger partial charge in [-0.3, -0.25) is 9.47 Å². The minimum atomic E-state index is -0.940. The first kappa shape index (κ1) is 18.5. The second-order valence-corrected chi connectivity index (χ2v) is 7.54. The molecule has 1 aromatic carbocycles. The van der Waals surface area contributed by atoms with Gasteiger partial charge in [0.2, 0.25) is 0 Å². The molecule has 0 radical (unpaired) electrons. The predicted octanol–water partition coefficient (Wildman–Crippen LogP) is 2.46. The number of hydrogen-bond acceptors (Lipinski definition) is 4. The Balaban J connectivity index is 1.64. The average Bonchev–Trinajstić information content (AvgIpc) is 3.22. The molecule has 148 valence electrons. The maximum Gasteiger partial charge on any atom is 0.352 e. The Morgan fingerprint density at radius 2 is 2.21 bits per heavy atom. The third kappa shape index (κ3) is 3.24. The molecule has 1 fully saturated rings. The number of aromatic nitrogens is 4. The molecule has 0 aliphatic carbocycles. The van der Waals surface area contributed by atoms with Crippen LogP contribution in [0.4, 0.5) is 0 Å². The number of aromatic amines is 2. The van der Waals surface area contributed by atoms with Gasteiger partial charge in [-0.15, -0.1) is 0 Å². The number of carbonyl (C=O) groups is 1. The van der Waals surface area contributed by atoms with Crippen LogP contribution in [-0.4, -0.2) is 48.8 Å². The second-order valence-electron chi connectivity index (χ2n) is 7.54. The van der Waals surface area contributed by atoms with Crippen molar-refractivity contribution in [2.75, 3.05) is 13.1 Å². The predicted molar refractivity (Wildman–Crippen MR) is 106 cm³/mol. The lowest BCUT2D eigenvalue weighted by Gasteiger charge is -2.32. The van der Waals surface area contributed by atoms with E-state index in [2.05, 4.69) is 20.1 Å². The van der Waals surface area contributed by atoms with Crippen molar-refractivity contribution in [1.29, 1.82) is 0 Å². The molecule has 0 saturated carbocycles. The number of aromatic carboxylic acids is 1. The number of likely N-dealkylation sites (tertiary alicyclic amines) is 1. The first-order chi connectivity index (χ1) is 13.5. The maximum atomic E-state index is 11.9. The Kier molecular flexibility index (Phi) is 4.80. The minimum absolute atomic E-state index is 0.160. The van der Waals surface area contributed by atoms with Crippen LogP contribution < -0.4 is 5.69 Å². The van der Waals surface area contributed by atoms with Gasteiger partial charge in [0.15, 0.2) is 0 Å². The van der Waals surface area contributed by atoms with Crippen LogP contribution in [0.2, 0.25) is 0 Å². The quantitative estimate of drug-likeness (QED) is 0.627. The van der Waals surface area contributed by atoms with E-state index >= 15 is 0 Å². The molecule has 28 heavy (non-hydrogen) atoms. The van der Waals surface area contributed by atoms with Gasteiger partial charge in [0.25, 0.3) is 0 Å². The van der Waals surface area contributed by atoms with Crippen molar-refractivity contribution in [1.82, 2.24) is 24.6 Å². The molecule has 1 atom stereocenters. The molecule has 8 heteroatoms. The lowest BCUT2D eigenvalue weighted by molar-refractivity contribution is 0.0688. The van der Waals surface area contributed by atoms with Crippen molar-refractivity contribution in [3.8, 4) is 0 Å². The van der Waals surface area contributed by atoms with Crippen LogP contribution in [0.5, 0.6) is 0 Å². The average molecular weight is 383 g/mol. The highest BCUT2D eigenvalue weighted by atomic mass is 16.4. The van der Waals surface area contributed by atoms with Crippen molar-refractivity contribution >= 4 is 16.9 Å². The fraction of sp³-hybridized carbons (Fsp3) is 0.450. The van der Waals surface area contributed by atoms with Crippen LogP contribution in [0, 0.1) is 6.92 Å². The minimum Gasteiger partial charge on any atom is -0.477 e. The second kappa shape index (κ2) is 7.27. The number of benzene rings is 1. The summed E-state index contributed by atoms with van der Waals surface area (Å²) >= 11 is 0. The number of rotatable bonds is 5. The fourth-order valence-electron chi connectivity index (χ4n) is 4.29. The Labute approximate surface area is 162 Å². The van der Waals surface area contributed by atoms with Crippen LogP contribution in [0.3, 0.4) is 0 Å². The highest BCUT2D eigenvalue weighted by Gasteiger charge is 2.28. The zero-order chi connectivity index (χ0) is 19.8. The summed E-state index contributed by atoms with van der Waals surface area (Å²) in [4.78, 5) is 29.0. The number of nitrogens with zero attached hydrogens (tertiary/aromatic N) is 3. The number of aryl methyl sites for hydroxylation is 1. The molecule has 0 amide bonds. The SMILES string of the molecule is CCn1c(C2CCCN(Cc3c(C(=O)O)[nH]c4ccc(C)cc34)C2)n[nH]c1=O. The largest absolute Gasteiger partial charge is 0.477 e. The van der Waals surface area contributed by atoms with E-state index in [4.69, 9.17) is 0 Å². The van der Waals surface area contributed by atoms with Crippen molar-refractivity contribution < 1.29 is 9.90 Å². The van der Waals surface area contributed by atoms with Gasteiger partial charge < -0.3 is 10.1 Å². The van der Waals surface area contributed by atoms with Gasteiger partial charge in [0, 0.05) is 42.0 Å². The Morgan fingerprint density at radius 1 is 1.39 bits per heavy atom. The number of carboxylic acid groups (broad SMARTS) is 1. The van der Waals surface area contributed by atoms with E-state index in [-0.39, 0.29) is 17.3 Å². The van der Waals surface area contributed by atoms with E-state index in [0.29, 0.717) is 13.1 Å². The third-order valence-electron chi connectivity index (χ3n) is 5.63. The van der Waals surface area contributed by atoms with E-state index in [1.807, 2.05) is 32.0 Å². The van der Waals surface area contributed by atoms with Gasteiger partial charge in [-0.2, -0.15) is 5.10 Å². The number of piperidine rings is 1. The van der Waals surface area contributed by atoms with Gasteiger partial charge in [0.05, 0.1) is 0 Å². The number of nitrogens with one attached hydrogen (secondary N) is 2. The van der Waals surface area contributed by atoms with Gasteiger partial charge in [-0.1, -0.05) is 11.6 Å². The molecule has 3 aromatic rings. The van der Waals surface area contributed by atoms with Crippen LogP contribution in [0.1, 0.15) is 53.1 Å². The molecule has 1 aliphatic heterocycles. The van der Waals surface area contributed by atoms with Gasteiger partial charge in [0.1, 0.15) is 11.5 Å². The lowest BCUT2D eigenvalue weighted by atomic mass is 9.96. The Bertz CT molecular complexity index is 1080. The van der Waals surface area contributed by atoms with Gasteiger partial charge in [-0.05, 0) is 45.4 Å². The fourth-order valence-corrected chi connectivity index (χ4v) is 4.29. The standard InChI is InChI=1S/C20H25N5O3/c1-3-25-18(22-23-20(25)28)13-5-4-8-24(10-13)11-15-14-9-12(2)6-7-16(14)21-17(15)19(26)27/h6-7,9,13,21H,3-5,8,10-11H2,1-2H3,(H,23,28)(H,26,27). The smallest absolute Gasteiger partial charge is 0.352 e. The third-order valence-corrected chi connectivity index (χ3v) is 5.63. The van der Waals surface area contributed by atoms with E-state index < -0.39 is 5.97 Å². The molecular formula is C20H25N5O3. The molecule has 0 bridgehead atoms. The van der Waals surface area contributed by atoms with Gasteiger partial charge in [-0.25, -0.2) is 14.7 Å². The molecule has 3 N–H and O–H groups in total. The number of H-pyrrole nitrogens is 2. The lowest BCUT2D eigenvalue weighted by Crippen LogP contribution is -2.35. The van der Waals surface area contributed by atoms with E-state index in [0.717, 1.165) is 53.8 Å². The van der Waals surface area contributed by atoms with Crippen molar-refractivity contribution in [3.63, 3.8) is 0 Å². The van der Waals surface area contributed by atoms with E-state index in [1.54, 1.807) is 4.57 Å². The Morgan fingerprint density at radius 3 is 2.96 bits per heavy atom. The van der Waals surface area contributed by atoms with Crippen molar-refractivity contribution in [2.24, 2.45) is 0 Å². The van der Waals surface area contributed by atoms with Crippen LogP contribution in [0.25, 0.3) is 10.9 Å². The molecule has 1 unspecified atom stereocenters. The van der Waals surface area contributed by atoms with Crippen LogP contribution in [-0.2, 0) is 13.1 Å². The molecule has 8 nitrogen and oxygen atoms in total. The first-order valence-electron chi connectivity index (χ1n) is 9.70. The summed E-state index contributed by atoms with van der Waals surface area (Å²) in [5.41, 5.74) is 2.85. The van der Waals surface area contributed by atoms with Gasteiger partial charge >= 0.3 is 11.7 Å². The zero-order valence-electron chi connectivity index (χ0n) is 16.2. The highest BCUT2D eigenvalue weighted by Crippen LogP contribution is 2.29. The number of carboxylic acids is 1. The van der Waals surface area contributed by atoms with Crippen LogP contribution >= 0.6 is 0 Å². The summed E-state index contributed by atoms with van der Waals surface area (Å²) in [6.07, 6.45) is 1.96. The van der Waals surface area contributed by atoms with E-state index in [9.17, 15) is 14.7 Å². The first-order valence-corrected chi connectivity index (χ1v) is 9.70. The molecule has 4 rings (SSSR count).